The molecule has 5 N–H and O–H groups in total. The van der Waals surface area contributed by atoms with E-state index in [1.165, 1.54) is 16.7 Å². The zero-order valence-electron chi connectivity index (χ0n) is 25.2. The van der Waals surface area contributed by atoms with Crippen LogP contribution in [-0.2, 0) is 25.7 Å². The number of imide groups is 1. The van der Waals surface area contributed by atoms with Gasteiger partial charge in [0.2, 0.25) is 23.6 Å². The van der Waals surface area contributed by atoms with Gasteiger partial charge in [0.25, 0.3) is 5.91 Å². The number of nitrogens with zero attached hydrogens (tertiary/aromatic N) is 4. The van der Waals surface area contributed by atoms with Gasteiger partial charge in [-0.25, -0.2) is 9.97 Å². The summed E-state index contributed by atoms with van der Waals surface area (Å²) in [6.45, 7) is 3.85. The van der Waals surface area contributed by atoms with Crippen molar-refractivity contribution in [3.63, 3.8) is 0 Å². The van der Waals surface area contributed by atoms with E-state index in [0.717, 1.165) is 36.6 Å². The second-order valence-corrected chi connectivity index (χ2v) is 13.1. The second kappa shape index (κ2) is 12.9. The maximum atomic E-state index is 13.1. The van der Waals surface area contributed by atoms with Crippen molar-refractivity contribution in [1.82, 2.24) is 20.2 Å². The number of amides is 5. The van der Waals surface area contributed by atoms with Gasteiger partial charge in [-0.2, -0.15) is 0 Å². The molecule has 2 saturated heterocycles. The molecule has 0 spiro atoms. The van der Waals surface area contributed by atoms with Crippen molar-refractivity contribution < 1.29 is 24.0 Å². The van der Waals surface area contributed by atoms with Gasteiger partial charge in [-0.1, -0.05) is 23.9 Å². The van der Waals surface area contributed by atoms with Crippen molar-refractivity contribution in [2.45, 2.75) is 67.1 Å². The van der Waals surface area contributed by atoms with Crippen LogP contribution in [0.2, 0.25) is 0 Å². The molecule has 46 heavy (non-hydrogen) atoms. The Morgan fingerprint density at radius 3 is 2.54 bits per heavy atom. The monoisotopic (exact) mass is 642 g/mol. The van der Waals surface area contributed by atoms with Gasteiger partial charge in [0.15, 0.2) is 0 Å². The van der Waals surface area contributed by atoms with Crippen molar-refractivity contribution in [2.24, 2.45) is 5.73 Å². The van der Waals surface area contributed by atoms with Gasteiger partial charge in [0, 0.05) is 59.0 Å². The van der Waals surface area contributed by atoms with Crippen LogP contribution in [0.5, 0.6) is 0 Å². The van der Waals surface area contributed by atoms with Crippen LogP contribution in [0.1, 0.15) is 54.9 Å². The quantitative estimate of drug-likeness (QED) is 0.211. The number of nitrogens with one attached hydrogen (secondary N) is 3. The van der Waals surface area contributed by atoms with E-state index >= 15 is 0 Å². The topological polar surface area (TPSA) is 180 Å². The molecule has 3 aliphatic rings. The average Bonchev–Trinajstić information content (AvgIpc) is 3.34. The van der Waals surface area contributed by atoms with Gasteiger partial charge in [0.05, 0.1) is 12.4 Å². The molecule has 2 fully saturated rings. The first-order valence-electron chi connectivity index (χ1n) is 15.0. The molecule has 4 heterocycles. The number of carbonyl (C=O) groups is 5. The van der Waals surface area contributed by atoms with E-state index in [9.17, 15) is 24.0 Å². The van der Waals surface area contributed by atoms with E-state index in [-0.39, 0.29) is 36.7 Å². The highest BCUT2D eigenvalue weighted by Gasteiger charge is 2.40. The molecule has 2 aromatic carbocycles. The fourth-order valence-corrected chi connectivity index (χ4v) is 6.56. The maximum absolute atomic E-state index is 13.1. The Bertz CT molecular complexity index is 1700. The Morgan fingerprint density at radius 2 is 1.80 bits per heavy atom. The molecule has 13 nitrogen and oxygen atoms in total. The fraction of sp³-hybridized carbons (Fsp3) is 0.344. The maximum Gasteiger partial charge on any atom is 0.255 e. The molecule has 1 unspecified atom stereocenters. The van der Waals surface area contributed by atoms with Crippen LogP contribution in [0.15, 0.2) is 64.8 Å². The van der Waals surface area contributed by atoms with Crippen LogP contribution >= 0.6 is 11.8 Å². The summed E-state index contributed by atoms with van der Waals surface area (Å²) < 4.78 is 0. The molecule has 0 bridgehead atoms. The summed E-state index contributed by atoms with van der Waals surface area (Å²) in [5.74, 6) is -1.47. The van der Waals surface area contributed by atoms with E-state index in [1.54, 1.807) is 48.8 Å². The normalized spacial score (nSPS) is 19.0. The third kappa shape index (κ3) is 7.02. The van der Waals surface area contributed by atoms with Crippen LogP contribution in [0, 0.1) is 0 Å². The summed E-state index contributed by atoms with van der Waals surface area (Å²) in [7, 11) is 0. The second-order valence-electron chi connectivity index (χ2n) is 12.0. The summed E-state index contributed by atoms with van der Waals surface area (Å²) in [5, 5.41) is 8.48. The number of hydrogen-bond acceptors (Lipinski definition) is 10. The molecular weight excluding hydrogens is 608 g/mol. The zero-order valence-corrected chi connectivity index (χ0v) is 26.1. The Morgan fingerprint density at radius 1 is 1.04 bits per heavy atom. The van der Waals surface area contributed by atoms with Crippen molar-refractivity contribution in [2.75, 3.05) is 28.6 Å². The van der Waals surface area contributed by atoms with Gasteiger partial charge in [-0.3, -0.25) is 29.3 Å². The molecule has 1 atom stereocenters. The standard InChI is InChI=1S/C32H34N8O5S/c1-32(33)10-12-39(13-11-32)25-16-35-29(17-34-25)46-20-5-2-4-19(14-20)36-27(42)15-28(43)37-23-7-3-6-21-22(23)18-40(31(21)45)24-8-9-26(41)38-30(24)44/h2-7,14,16-17,24H,8-13,15,18,33H2,1H3,(H,36,42)(H,37,43)(H,38,41,44). The van der Waals surface area contributed by atoms with Crippen LogP contribution in [0.3, 0.4) is 0 Å². The summed E-state index contributed by atoms with van der Waals surface area (Å²) in [6.07, 6.45) is 5.21. The molecule has 6 rings (SSSR count). The SMILES string of the molecule is CC1(N)CCN(c2cnc(Sc3cccc(NC(=O)CC(=O)Nc4cccc5c4CN(C4CCC(=O)NC4=O)C5=O)c3)cn2)CC1. The van der Waals surface area contributed by atoms with Crippen molar-refractivity contribution in [3.8, 4) is 0 Å². The lowest BCUT2D eigenvalue weighted by molar-refractivity contribution is -0.137. The molecule has 0 saturated carbocycles. The number of piperidine rings is 2. The number of benzene rings is 2. The predicted molar refractivity (Wildman–Crippen MR) is 171 cm³/mol. The van der Waals surface area contributed by atoms with Crippen molar-refractivity contribution >= 4 is 58.5 Å². The number of aromatic nitrogens is 2. The first-order valence-corrected chi connectivity index (χ1v) is 15.9. The molecule has 0 aliphatic carbocycles. The van der Waals surface area contributed by atoms with Crippen LogP contribution in [0.25, 0.3) is 0 Å². The number of anilines is 3. The van der Waals surface area contributed by atoms with E-state index in [4.69, 9.17) is 5.73 Å². The Balaban J connectivity index is 1.02. The fourth-order valence-electron chi connectivity index (χ4n) is 5.78. The lowest BCUT2D eigenvalue weighted by Gasteiger charge is -2.37. The molecule has 1 aromatic heterocycles. The predicted octanol–water partition coefficient (Wildman–Crippen LogP) is 2.67. The Labute approximate surface area is 269 Å². The minimum atomic E-state index is -0.768. The lowest BCUT2D eigenvalue weighted by atomic mass is 9.91. The number of carbonyl (C=O) groups excluding carboxylic acids is 5. The summed E-state index contributed by atoms with van der Waals surface area (Å²) in [6, 6.07) is 11.4. The highest BCUT2D eigenvalue weighted by atomic mass is 32.2. The molecule has 14 heteroatoms. The minimum absolute atomic E-state index is 0.104. The largest absolute Gasteiger partial charge is 0.355 e. The van der Waals surface area contributed by atoms with Gasteiger partial charge < -0.3 is 26.2 Å². The van der Waals surface area contributed by atoms with E-state index in [2.05, 4.69) is 37.7 Å². The molecule has 3 aliphatic heterocycles. The third-order valence-corrected chi connectivity index (χ3v) is 9.27. The number of rotatable bonds is 8. The smallest absolute Gasteiger partial charge is 0.255 e. The minimum Gasteiger partial charge on any atom is -0.355 e. The number of fused-ring (bicyclic) bond motifs is 1. The van der Waals surface area contributed by atoms with Crippen LogP contribution in [-0.4, -0.2) is 69.1 Å². The summed E-state index contributed by atoms with van der Waals surface area (Å²) in [4.78, 5) is 76.1. The first-order chi connectivity index (χ1) is 22.0. The van der Waals surface area contributed by atoms with Crippen LogP contribution in [0.4, 0.5) is 17.2 Å². The number of hydrogen-bond donors (Lipinski definition) is 4. The summed E-state index contributed by atoms with van der Waals surface area (Å²) >= 11 is 1.41. The number of nitrogens with two attached hydrogens (primary N) is 1. The Hall–Kier alpha value is -4.82. The first kappa shape index (κ1) is 31.2. The molecule has 0 radical (unpaired) electrons. The van der Waals surface area contributed by atoms with Gasteiger partial charge in [-0.15, -0.1) is 0 Å². The van der Waals surface area contributed by atoms with Crippen molar-refractivity contribution in [1.29, 1.82) is 0 Å². The molecule has 238 valence electrons. The van der Waals surface area contributed by atoms with Gasteiger partial charge in [-0.05, 0) is 56.5 Å². The van der Waals surface area contributed by atoms with E-state index < -0.39 is 30.2 Å². The Kier molecular flexibility index (Phi) is 8.73. The average molecular weight is 643 g/mol. The van der Waals surface area contributed by atoms with Gasteiger partial charge >= 0.3 is 0 Å². The van der Waals surface area contributed by atoms with E-state index in [1.807, 2.05) is 6.07 Å². The molecule has 5 amide bonds. The highest BCUT2D eigenvalue weighted by molar-refractivity contribution is 7.99. The van der Waals surface area contributed by atoms with Crippen LogP contribution < -0.4 is 26.6 Å². The lowest BCUT2D eigenvalue weighted by Crippen LogP contribution is -2.52. The zero-order chi connectivity index (χ0) is 32.4. The van der Waals surface area contributed by atoms with Crippen molar-refractivity contribution in [3.05, 3.63) is 66.0 Å². The van der Waals surface area contributed by atoms with E-state index in [0.29, 0.717) is 27.5 Å². The molecular formula is C32H34N8O5S. The van der Waals surface area contributed by atoms with Gasteiger partial charge in [0.1, 0.15) is 23.3 Å². The molecule has 3 aromatic rings. The third-order valence-electron chi connectivity index (χ3n) is 8.36. The highest BCUT2D eigenvalue weighted by Crippen LogP contribution is 2.33. The summed E-state index contributed by atoms with van der Waals surface area (Å²) in [5.41, 5.74) is 7.94.